The van der Waals surface area contributed by atoms with Crippen LogP contribution >= 0.6 is 0 Å². The molecule has 0 saturated heterocycles. The van der Waals surface area contributed by atoms with Crippen molar-refractivity contribution in [3.63, 3.8) is 0 Å². The molecule has 8 heteroatoms. The van der Waals surface area contributed by atoms with Crippen LogP contribution in [0.5, 0.6) is 0 Å². The van der Waals surface area contributed by atoms with E-state index >= 15 is 0 Å². The predicted octanol–water partition coefficient (Wildman–Crippen LogP) is 1.79. The van der Waals surface area contributed by atoms with Crippen molar-refractivity contribution in [3.8, 4) is 0 Å². The zero-order chi connectivity index (χ0) is 16.4. The molecule has 1 saturated carbocycles. The predicted molar refractivity (Wildman–Crippen MR) is 74.4 cm³/mol. The minimum absolute atomic E-state index is 0.201. The number of nitrogens with one attached hydrogen (secondary N) is 2. The van der Waals surface area contributed by atoms with Gasteiger partial charge in [0.05, 0.1) is 5.56 Å². The fourth-order valence-electron chi connectivity index (χ4n) is 2.62. The SMILES string of the molecule is NC1(CNC(=O)c2c[nH]c(=O)c(C(F)(F)F)c2)CCCCC1. The van der Waals surface area contributed by atoms with Crippen LogP contribution < -0.4 is 16.6 Å². The molecule has 1 aliphatic carbocycles. The summed E-state index contributed by atoms with van der Waals surface area (Å²) >= 11 is 0. The Morgan fingerprint density at radius 3 is 2.55 bits per heavy atom. The van der Waals surface area contributed by atoms with Gasteiger partial charge in [0.2, 0.25) is 0 Å². The molecule has 0 aromatic carbocycles. The van der Waals surface area contributed by atoms with Crippen LogP contribution in [0.2, 0.25) is 0 Å². The number of pyridine rings is 1. The summed E-state index contributed by atoms with van der Waals surface area (Å²) in [5.41, 5.74) is 2.74. The molecule has 0 spiro atoms. The quantitative estimate of drug-likeness (QED) is 0.794. The highest BCUT2D eigenvalue weighted by atomic mass is 19.4. The van der Waals surface area contributed by atoms with Crippen molar-refractivity contribution in [2.24, 2.45) is 5.73 Å². The maximum atomic E-state index is 12.7. The average molecular weight is 317 g/mol. The van der Waals surface area contributed by atoms with E-state index < -0.39 is 28.7 Å². The summed E-state index contributed by atoms with van der Waals surface area (Å²) in [5.74, 6) is -0.683. The molecule has 1 aromatic rings. The molecule has 1 fully saturated rings. The van der Waals surface area contributed by atoms with Gasteiger partial charge in [0.25, 0.3) is 11.5 Å². The lowest BCUT2D eigenvalue weighted by molar-refractivity contribution is -0.138. The molecule has 2 rings (SSSR count). The van der Waals surface area contributed by atoms with Gasteiger partial charge < -0.3 is 16.0 Å². The number of hydrogen-bond donors (Lipinski definition) is 3. The highest BCUT2D eigenvalue weighted by Crippen LogP contribution is 2.27. The van der Waals surface area contributed by atoms with Gasteiger partial charge in [-0.15, -0.1) is 0 Å². The van der Waals surface area contributed by atoms with Gasteiger partial charge in [-0.05, 0) is 18.9 Å². The Morgan fingerprint density at radius 2 is 1.95 bits per heavy atom. The molecule has 122 valence electrons. The third-order valence-electron chi connectivity index (χ3n) is 3.92. The van der Waals surface area contributed by atoms with E-state index in [9.17, 15) is 22.8 Å². The lowest BCUT2D eigenvalue weighted by atomic mass is 9.82. The Morgan fingerprint density at radius 1 is 1.32 bits per heavy atom. The van der Waals surface area contributed by atoms with Gasteiger partial charge >= 0.3 is 6.18 Å². The smallest absolute Gasteiger partial charge is 0.350 e. The number of carbonyl (C=O) groups excluding carboxylic acids is 1. The molecular formula is C14H18F3N3O2. The first-order valence-corrected chi connectivity index (χ1v) is 7.08. The third-order valence-corrected chi connectivity index (χ3v) is 3.92. The summed E-state index contributed by atoms with van der Waals surface area (Å²) in [6.07, 6.45) is 0.757. The first-order chi connectivity index (χ1) is 10.2. The molecule has 0 bridgehead atoms. The molecule has 0 aliphatic heterocycles. The van der Waals surface area contributed by atoms with Crippen LogP contribution in [0.25, 0.3) is 0 Å². The van der Waals surface area contributed by atoms with Gasteiger partial charge in [-0.1, -0.05) is 19.3 Å². The normalized spacial score (nSPS) is 18.0. The second-order valence-corrected chi connectivity index (χ2v) is 5.73. The lowest BCUT2D eigenvalue weighted by Crippen LogP contribution is -2.51. The fraction of sp³-hybridized carbons (Fsp3) is 0.571. The highest BCUT2D eigenvalue weighted by molar-refractivity contribution is 5.94. The lowest BCUT2D eigenvalue weighted by Gasteiger charge is -2.33. The minimum Gasteiger partial charge on any atom is -0.350 e. The first kappa shape index (κ1) is 16.5. The van der Waals surface area contributed by atoms with Crippen molar-refractivity contribution in [1.82, 2.24) is 10.3 Å². The van der Waals surface area contributed by atoms with Crippen molar-refractivity contribution in [2.45, 2.75) is 43.8 Å². The molecule has 0 atom stereocenters. The largest absolute Gasteiger partial charge is 0.421 e. The van der Waals surface area contributed by atoms with Gasteiger partial charge in [0, 0.05) is 18.3 Å². The van der Waals surface area contributed by atoms with Crippen molar-refractivity contribution in [2.75, 3.05) is 6.54 Å². The number of halogens is 3. The standard InChI is InChI=1S/C14H18F3N3O2/c15-14(16,17)10-6-9(7-19-12(10)22)11(21)20-8-13(18)4-2-1-3-5-13/h6-7H,1-5,8,18H2,(H,19,22)(H,20,21). The van der Waals surface area contributed by atoms with Crippen molar-refractivity contribution in [1.29, 1.82) is 0 Å². The Bertz CT molecular complexity index is 604. The van der Waals surface area contributed by atoms with Crippen LogP contribution in [-0.4, -0.2) is 23.0 Å². The highest BCUT2D eigenvalue weighted by Gasteiger charge is 2.35. The van der Waals surface area contributed by atoms with E-state index in [0.29, 0.717) is 6.07 Å². The summed E-state index contributed by atoms with van der Waals surface area (Å²) in [4.78, 5) is 25.1. The van der Waals surface area contributed by atoms with Crippen LogP contribution in [-0.2, 0) is 6.18 Å². The van der Waals surface area contributed by atoms with Gasteiger partial charge in [0.1, 0.15) is 5.56 Å². The van der Waals surface area contributed by atoms with Crippen LogP contribution in [0.3, 0.4) is 0 Å². The monoisotopic (exact) mass is 317 g/mol. The van der Waals surface area contributed by atoms with Crippen LogP contribution in [0.4, 0.5) is 13.2 Å². The summed E-state index contributed by atoms with van der Waals surface area (Å²) in [6, 6.07) is 0.554. The van der Waals surface area contributed by atoms with Gasteiger partial charge in [-0.3, -0.25) is 9.59 Å². The van der Waals surface area contributed by atoms with Gasteiger partial charge in [-0.25, -0.2) is 0 Å². The number of alkyl halides is 3. The Balaban J connectivity index is 2.08. The number of amides is 1. The molecule has 1 amide bonds. The molecule has 4 N–H and O–H groups in total. The topological polar surface area (TPSA) is 88.0 Å². The van der Waals surface area contributed by atoms with E-state index in [4.69, 9.17) is 5.73 Å². The van der Waals surface area contributed by atoms with Crippen molar-refractivity contribution in [3.05, 3.63) is 33.7 Å². The van der Waals surface area contributed by atoms with Crippen LogP contribution in [0, 0.1) is 0 Å². The van der Waals surface area contributed by atoms with Crippen LogP contribution in [0.1, 0.15) is 48.0 Å². The number of carbonyl (C=O) groups is 1. The maximum Gasteiger partial charge on any atom is 0.421 e. The number of aromatic amines is 1. The number of aromatic nitrogens is 1. The van der Waals surface area contributed by atoms with Gasteiger partial charge in [0.15, 0.2) is 0 Å². The Kier molecular flexibility index (Phi) is 4.60. The van der Waals surface area contributed by atoms with Crippen LogP contribution in [0.15, 0.2) is 17.1 Å². The zero-order valence-corrected chi connectivity index (χ0v) is 11.9. The summed E-state index contributed by atoms with van der Waals surface area (Å²) < 4.78 is 38.0. The Hall–Kier alpha value is -1.83. The maximum absolute atomic E-state index is 12.7. The average Bonchev–Trinajstić information content (AvgIpc) is 2.45. The van der Waals surface area contributed by atoms with E-state index in [0.717, 1.165) is 38.3 Å². The second kappa shape index (κ2) is 6.12. The molecular weight excluding hydrogens is 299 g/mol. The molecule has 5 nitrogen and oxygen atoms in total. The third kappa shape index (κ3) is 3.88. The van der Waals surface area contributed by atoms with E-state index in [1.54, 1.807) is 0 Å². The summed E-state index contributed by atoms with van der Waals surface area (Å²) in [7, 11) is 0. The molecule has 0 unspecified atom stereocenters. The molecule has 1 aliphatic rings. The first-order valence-electron chi connectivity index (χ1n) is 7.08. The molecule has 1 heterocycles. The van der Waals surface area contributed by atoms with E-state index in [-0.39, 0.29) is 12.1 Å². The van der Waals surface area contributed by atoms with E-state index in [2.05, 4.69) is 5.32 Å². The zero-order valence-electron chi connectivity index (χ0n) is 11.9. The number of H-pyrrole nitrogens is 1. The minimum atomic E-state index is -4.80. The molecule has 0 radical (unpaired) electrons. The molecule has 22 heavy (non-hydrogen) atoms. The Labute approximate surface area is 125 Å². The van der Waals surface area contributed by atoms with E-state index in [1.807, 2.05) is 4.98 Å². The number of hydrogen-bond acceptors (Lipinski definition) is 3. The summed E-state index contributed by atoms with van der Waals surface area (Å²) in [5, 5.41) is 2.55. The number of nitrogens with two attached hydrogens (primary N) is 1. The molecule has 1 aromatic heterocycles. The van der Waals surface area contributed by atoms with Crippen molar-refractivity contribution < 1.29 is 18.0 Å². The van der Waals surface area contributed by atoms with E-state index in [1.165, 1.54) is 0 Å². The fourth-order valence-corrected chi connectivity index (χ4v) is 2.62. The summed E-state index contributed by atoms with van der Waals surface area (Å²) in [6.45, 7) is 0.201. The number of rotatable bonds is 3. The van der Waals surface area contributed by atoms with Gasteiger partial charge in [-0.2, -0.15) is 13.2 Å². The second-order valence-electron chi connectivity index (χ2n) is 5.73. The van der Waals surface area contributed by atoms with Crippen molar-refractivity contribution >= 4 is 5.91 Å².